The number of ether oxygens (including phenoxy) is 1. The highest BCUT2D eigenvalue weighted by Gasteiger charge is 2.20. The van der Waals surface area contributed by atoms with Crippen molar-refractivity contribution in [2.45, 2.75) is 57.6 Å². The van der Waals surface area contributed by atoms with E-state index in [0.717, 1.165) is 41.7 Å². The van der Waals surface area contributed by atoms with E-state index in [9.17, 15) is 4.79 Å². The molecule has 1 amide bonds. The van der Waals surface area contributed by atoms with Crippen LogP contribution in [0, 0.1) is 13.8 Å². The van der Waals surface area contributed by atoms with Crippen LogP contribution in [0.15, 0.2) is 29.4 Å². The van der Waals surface area contributed by atoms with E-state index in [-0.39, 0.29) is 23.7 Å². The first-order chi connectivity index (χ1) is 14.9. The molecule has 1 atom stereocenters. The van der Waals surface area contributed by atoms with E-state index in [1.54, 1.807) is 0 Å². The van der Waals surface area contributed by atoms with Crippen LogP contribution in [-0.2, 0) is 9.53 Å². The quantitative estimate of drug-likeness (QED) is 0.562. The van der Waals surface area contributed by atoms with Crippen LogP contribution in [0.4, 0.5) is 0 Å². The summed E-state index contributed by atoms with van der Waals surface area (Å²) in [6, 6.07) is 6.29. The van der Waals surface area contributed by atoms with Crippen molar-refractivity contribution in [3.8, 4) is 5.69 Å². The molecule has 0 spiro atoms. The number of carbonyl (C=O) groups is 1. The predicted molar refractivity (Wildman–Crippen MR) is 123 cm³/mol. The highest BCUT2D eigenvalue weighted by molar-refractivity contribution is 8.00. The average Bonchev–Trinajstić information content (AvgIpc) is 3.42. The second kappa shape index (κ2) is 9.36. The standard InChI is InChI=1S/C23H29N5O2S/c1-14(2)21-19-12-25-28(17-8-7-15(3)16(4)10-17)22(19)23(27-26-21)31-13-20(29)24-11-18-6-5-9-30-18/h7-8,10,12,14,18H,5-6,9,11,13H2,1-4H3,(H,24,29)/t18-/m1/s1. The monoisotopic (exact) mass is 439 g/mol. The van der Waals surface area contributed by atoms with Gasteiger partial charge in [-0.3, -0.25) is 4.79 Å². The van der Waals surface area contributed by atoms with Crippen LogP contribution in [0.25, 0.3) is 16.6 Å². The molecule has 0 bridgehead atoms. The Hall–Kier alpha value is -2.45. The van der Waals surface area contributed by atoms with Crippen molar-refractivity contribution < 1.29 is 9.53 Å². The summed E-state index contributed by atoms with van der Waals surface area (Å²) in [4.78, 5) is 12.4. The number of aromatic nitrogens is 4. The maximum Gasteiger partial charge on any atom is 0.230 e. The smallest absolute Gasteiger partial charge is 0.230 e. The summed E-state index contributed by atoms with van der Waals surface area (Å²) in [5.74, 6) is 0.470. The number of hydrogen-bond acceptors (Lipinski definition) is 6. The zero-order chi connectivity index (χ0) is 22.0. The molecule has 31 heavy (non-hydrogen) atoms. The molecule has 3 aromatic rings. The largest absolute Gasteiger partial charge is 0.376 e. The lowest BCUT2D eigenvalue weighted by Gasteiger charge is -2.12. The number of thioether (sulfide) groups is 1. The Bertz CT molecular complexity index is 1090. The third-order valence-corrected chi connectivity index (χ3v) is 6.62. The summed E-state index contributed by atoms with van der Waals surface area (Å²) in [5, 5.41) is 18.3. The SMILES string of the molecule is Cc1ccc(-n2ncc3c(C(C)C)nnc(SCC(=O)NC[C@H]4CCCO4)c32)cc1C. The fourth-order valence-corrected chi connectivity index (χ4v) is 4.54. The van der Waals surface area contributed by atoms with Crippen molar-refractivity contribution in [2.75, 3.05) is 18.9 Å². The molecule has 8 heteroatoms. The maximum absolute atomic E-state index is 12.4. The molecular weight excluding hydrogens is 410 g/mol. The van der Waals surface area contributed by atoms with Gasteiger partial charge in [-0.25, -0.2) is 4.68 Å². The van der Waals surface area contributed by atoms with Crippen molar-refractivity contribution in [3.05, 3.63) is 41.2 Å². The molecule has 0 aliphatic carbocycles. The number of fused-ring (bicyclic) bond motifs is 1. The first-order valence-corrected chi connectivity index (χ1v) is 11.8. The Kier molecular flexibility index (Phi) is 6.57. The highest BCUT2D eigenvalue weighted by atomic mass is 32.2. The van der Waals surface area contributed by atoms with Gasteiger partial charge in [0.25, 0.3) is 0 Å². The Morgan fingerprint density at radius 3 is 2.84 bits per heavy atom. The van der Waals surface area contributed by atoms with E-state index in [2.05, 4.69) is 66.5 Å². The topological polar surface area (TPSA) is 81.9 Å². The van der Waals surface area contributed by atoms with E-state index in [1.807, 2.05) is 10.9 Å². The van der Waals surface area contributed by atoms with Crippen molar-refractivity contribution in [1.29, 1.82) is 0 Å². The molecule has 1 aliphatic heterocycles. The van der Waals surface area contributed by atoms with Gasteiger partial charge in [0.05, 0.1) is 29.4 Å². The zero-order valence-electron chi connectivity index (χ0n) is 18.5. The predicted octanol–water partition coefficient (Wildman–Crippen LogP) is 3.94. The summed E-state index contributed by atoms with van der Waals surface area (Å²) in [5.41, 5.74) is 5.23. The first kappa shape index (κ1) is 21.8. The molecule has 2 aromatic heterocycles. The molecule has 1 aromatic carbocycles. The second-order valence-corrected chi connectivity index (χ2v) is 9.32. The fraction of sp³-hybridized carbons (Fsp3) is 0.478. The summed E-state index contributed by atoms with van der Waals surface area (Å²) >= 11 is 1.39. The summed E-state index contributed by atoms with van der Waals surface area (Å²) < 4.78 is 7.49. The molecule has 0 saturated carbocycles. The average molecular weight is 440 g/mol. The molecule has 3 heterocycles. The Morgan fingerprint density at radius 1 is 1.29 bits per heavy atom. The van der Waals surface area contributed by atoms with Crippen LogP contribution in [0.2, 0.25) is 0 Å². The van der Waals surface area contributed by atoms with Crippen LogP contribution < -0.4 is 5.32 Å². The van der Waals surface area contributed by atoms with E-state index in [0.29, 0.717) is 11.6 Å². The molecule has 1 aliphatic rings. The minimum absolute atomic E-state index is 0.0272. The van der Waals surface area contributed by atoms with Gasteiger partial charge in [0.15, 0.2) is 0 Å². The summed E-state index contributed by atoms with van der Waals surface area (Å²) in [6.45, 7) is 9.74. The third kappa shape index (κ3) is 4.75. The number of hydrogen-bond donors (Lipinski definition) is 1. The van der Waals surface area contributed by atoms with Gasteiger partial charge in [-0.15, -0.1) is 5.10 Å². The molecule has 1 saturated heterocycles. The molecule has 7 nitrogen and oxygen atoms in total. The summed E-state index contributed by atoms with van der Waals surface area (Å²) in [7, 11) is 0. The summed E-state index contributed by atoms with van der Waals surface area (Å²) in [6.07, 6.45) is 4.06. The Balaban J connectivity index is 1.61. The van der Waals surface area contributed by atoms with Gasteiger partial charge < -0.3 is 10.1 Å². The van der Waals surface area contributed by atoms with Gasteiger partial charge >= 0.3 is 0 Å². The minimum atomic E-state index is -0.0272. The van der Waals surface area contributed by atoms with Crippen LogP contribution in [0.3, 0.4) is 0 Å². The molecule has 4 rings (SSSR count). The lowest BCUT2D eigenvalue weighted by Crippen LogP contribution is -2.32. The third-order valence-electron chi connectivity index (χ3n) is 5.67. The second-order valence-electron chi connectivity index (χ2n) is 8.36. The van der Waals surface area contributed by atoms with Gasteiger partial charge in [-0.1, -0.05) is 31.7 Å². The number of carbonyl (C=O) groups excluding carboxylic acids is 1. The van der Waals surface area contributed by atoms with E-state index < -0.39 is 0 Å². The molecule has 1 fully saturated rings. The molecule has 164 valence electrons. The Labute approximate surface area is 187 Å². The van der Waals surface area contributed by atoms with Crippen LogP contribution in [-0.4, -0.2) is 50.9 Å². The normalized spacial score (nSPS) is 16.4. The van der Waals surface area contributed by atoms with Crippen LogP contribution in [0.1, 0.15) is 49.4 Å². The Morgan fingerprint density at radius 2 is 2.13 bits per heavy atom. The molecule has 0 unspecified atom stereocenters. The van der Waals surface area contributed by atoms with Gasteiger partial charge in [0, 0.05) is 18.5 Å². The number of amides is 1. The van der Waals surface area contributed by atoms with Gasteiger partial charge in [0.1, 0.15) is 10.5 Å². The van der Waals surface area contributed by atoms with Crippen molar-refractivity contribution >= 4 is 28.6 Å². The number of nitrogens with zero attached hydrogens (tertiary/aromatic N) is 4. The number of rotatable bonds is 7. The minimum Gasteiger partial charge on any atom is -0.376 e. The fourth-order valence-electron chi connectivity index (χ4n) is 3.74. The van der Waals surface area contributed by atoms with Crippen LogP contribution >= 0.6 is 11.8 Å². The first-order valence-electron chi connectivity index (χ1n) is 10.8. The van der Waals surface area contributed by atoms with Gasteiger partial charge in [-0.2, -0.15) is 10.2 Å². The van der Waals surface area contributed by atoms with E-state index in [4.69, 9.17) is 4.74 Å². The zero-order valence-corrected chi connectivity index (χ0v) is 19.3. The van der Waals surface area contributed by atoms with Crippen molar-refractivity contribution in [3.63, 3.8) is 0 Å². The van der Waals surface area contributed by atoms with Crippen molar-refractivity contribution in [2.24, 2.45) is 0 Å². The molecule has 0 radical (unpaired) electrons. The lowest BCUT2D eigenvalue weighted by atomic mass is 10.1. The molecular formula is C23H29N5O2S. The highest BCUT2D eigenvalue weighted by Crippen LogP contribution is 2.31. The lowest BCUT2D eigenvalue weighted by molar-refractivity contribution is -0.119. The van der Waals surface area contributed by atoms with Crippen LogP contribution in [0.5, 0.6) is 0 Å². The van der Waals surface area contributed by atoms with Crippen molar-refractivity contribution in [1.82, 2.24) is 25.3 Å². The molecule has 1 N–H and O–H groups in total. The number of nitrogens with one attached hydrogen (secondary N) is 1. The number of aryl methyl sites for hydroxylation is 2. The van der Waals surface area contributed by atoms with E-state index >= 15 is 0 Å². The van der Waals surface area contributed by atoms with E-state index in [1.165, 1.54) is 22.9 Å². The maximum atomic E-state index is 12.4. The van der Waals surface area contributed by atoms with Gasteiger partial charge in [0.2, 0.25) is 5.91 Å². The number of benzene rings is 1. The van der Waals surface area contributed by atoms with Gasteiger partial charge in [-0.05, 0) is 55.9 Å².